The lowest BCUT2D eigenvalue weighted by molar-refractivity contribution is 0.0936. The third-order valence-corrected chi connectivity index (χ3v) is 5.95. The molecule has 0 spiro atoms. The molecule has 4 heterocycles. The van der Waals surface area contributed by atoms with Gasteiger partial charge in [-0.15, -0.1) is 0 Å². The van der Waals surface area contributed by atoms with E-state index in [4.69, 9.17) is 23.2 Å². The van der Waals surface area contributed by atoms with E-state index in [1.165, 1.54) is 19.4 Å². The second-order valence-electron chi connectivity index (χ2n) is 7.45. The Morgan fingerprint density at radius 3 is 2.78 bits per heavy atom. The van der Waals surface area contributed by atoms with Crippen molar-refractivity contribution in [1.82, 2.24) is 29.2 Å². The minimum absolute atomic E-state index is 0.385. The summed E-state index contributed by atoms with van der Waals surface area (Å²) in [6.07, 6.45) is 8.33. The van der Waals surface area contributed by atoms with Gasteiger partial charge in [0.2, 0.25) is 5.95 Å². The van der Waals surface area contributed by atoms with Crippen LogP contribution in [-0.4, -0.2) is 48.8 Å². The first kappa shape index (κ1) is 17.3. The zero-order valence-electron chi connectivity index (χ0n) is 15.1. The van der Waals surface area contributed by atoms with Crippen LogP contribution in [-0.2, 0) is 6.54 Å². The lowest BCUT2D eigenvalue weighted by atomic mass is 10.1. The van der Waals surface area contributed by atoms with Gasteiger partial charge in [0.1, 0.15) is 5.65 Å². The minimum atomic E-state index is 0.385. The van der Waals surface area contributed by atoms with E-state index in [0.29, 0.717) is 22.2 Å². The zero-order valence-corrected chi connectivity index (χ0v) is 16.6. The molecule has 2 aliphatic rings. The molecule has 5 rings (SSSR count). The first-order valence-electron chi connectivity index (χ1n) is 9.36. The molecule has 1 saturated carbocycles. The number of nitrogens with one attached hydrogen (secondary N) is 1. The molecule has 3 aromatic rings. The average molecular weight is 406 g/mol. The average Bonchev–Trinajstić information content (AvgIpc) is 3.30. The molecule has 1 aliphatic heterocycles. The summed E-state index contributed by atoms with van der Waals surface area (Å²) < 4.78 is 3.95. The van der Waals surface area contributed by atoms with Crippen molar-refractivity contribution in [2.45, 2.75) is 32.4 Å². The largest absolute Gasteiger partial charge is 0.331 e. The van der Waals surface area contributed by atoms with Crippen LogP contribution in [0.4, 0.5) is 11.6 Å². The molecule has 142 valence electrons. The van der Waals surface area contributed by atoms with Crippen LogP contribution >= 0.6 is 23.2 Å². The van der Waals surface area contributed by atoms with Gasteiger partial charge in [-0.05, 0) is 25.7 Å². The van der Waals surface area contributed by atoms with Gasteiger partial charge in [-0.1, -0.05) is 23.2 Å². The van der Waals surface area contributed by atoms with Crippen molar-refractivity contribution < 1.29 is 0 Å². The Balaban J connectivity index is 1.32. The van der Waals surface area contributed by atoms with Gasteiger partial charge < -0.3 is 9.88 Å². The highest BCUT2D eigenvalue weighted by atomic mass is 35.5. The Morgan fingerprint density at radius 1 is 1.22 bits per heavy atom. The van der Waals surface area contributed by atoms with E-state index in [1.54, 1.807) is 6.20 Å². The lowest BCUT2D eigenvalue weighted by Gasteiger charge is -2.39. The first-order chi connectivity index (χ1) is 13.1. The smallest absolute Gasteiger partial charge is 0.229 e. The molecule has 0 unspecified atom stereocenters. The molecule has 1 aliphatic carbocycles. The topological polar surface area (TPSA) is 63.8 Å². The maximum atomic E-state index is 6.34. The summed E-state index contributed by atoms with van der Waals surface area (Å²) in [6.45, 7) is 6.15. The predicted octanol–water partition coefficient (Wildman–Crippen LogP) is 3.96. The first-order valence-corrected chi connectivity index (χ1v) is 10.1. The number of aryl methyl sites for hydroxylation is 1. The van der Waals surface area contributed by atoms with E-state index in [-0.39, 0.29) is 0 Å². The summed E-state index contributed by atoms with van der Waals surface area (Å²) in [4.78, 5) is 11.5. The Labute approximate surface area is 167 Å². The number of hydrogen-bond acceptors (Lipinski definition) is 5. The van der Waals surface area contributed by atoms with Crippen LogP contribution in [0.25, 0.3) is 11.0 Å². The van der Waals surface area contributed by atoms with Crippen molar-refractivity contribution in [2.75, 3.05) is 25.0 Å². The van der Waals surface area contributed by atoms with Gasteiger partial charge in [-0.2, -0.15) is 10.1 Å². The van der Waals surface area contributed by atoms with Crippen LogP contribution in [0.15, 0.2) is 18.6 Å². The van der Waals surface area contributed by atoms with Crippen molar-refractivity contribution >= 4 is 45.9 Å². The third-order valence-electron chi connectivity index (χ3n) is 5.37. The highest BCUT2D eigenvalue weighted by Gasteiger charge is 2.33. The van der Waals surface area contributed by atoms with E-state index < -0.39 is 0 Å². The molecule has 9 heteroatoms. The van der Waals surface area contributed by atoms with E-state index in [1.807, 2.05) is 21.6 Å². The monoisotopic (exact) mass is 405 g/mol. The number of hydrogen-bond donors (Lipinski definition) is 1. The Hall–Kier alpha value is -1.83. The zero-order chi connectivity index (χ0) is 18.5. The Morgan fingerprint density at radius 2 is 2.04 bits per heavy atom. The molecule has 0 aromatic carbocycles. The molecule has 3 aromatic heterocycles. The fourth-order valence-corrected chi connectivity index (χ4v) is 4.05. The highest BCUT2D eigenvalue weighted by molar-refractivity contribution is 6.35. The Bertz CT molecular complexity index is 985. The van der Waals surface area contributed by atoms with Crippen molar-refractivity contribution in [3.63, 3.8) is 0 Å². The molecule has 1 N–H and O–H groups in total. The number of fused-ring (bicyclic) bond motifs is 1. The molecular weight excluding hydrogens is 385 g/mol. The molecule has 1 saturated heterocycles. The van der Waals surface area contributed by atoms with Gasteiger partial charge in [0.15, 0.2) is 5.15 Å². The van der Waals surface area contributed by atoms with Gasteiger partial charge >= 0.3 is 0 Å². The molecule has 2 fully saturated rings. The standard InChI is InChI=1S/C18H21Cl2N7/c1-2-26-9-14(19)13-5-21-18(23-17(13)26)22-15-10-27(24-16(15)20)12-7-25(8-12)6-11-3-4-11/h5,9-12H,2-4,6-8H2,1H3,(H,21,22,23). The molecule has 7 nitrogen and oxygen atoms in total. The number of anilines is 2. The SMILES string of the molecule is CCn1cc(Cl)c2cnc(Nc3cn(C4CN(CC5CC5)C4)nc3Cl)nc21. The number of rotatable bonds is 6. The number of likely N-dealkylation sites (tertiary alicyclic amines) is 1. The van der Waals surface area contributed by atoms with Crippen LogP contribution in [0.2, 0.25) is 10.2 Å². The number of aromatic nitrogens is 5. The minimum Gasteiger partial charge on any atom is -0.331 e. The summed E-state index contributed by atoms with van der Waals surface area (Å²) in [7, 11) is 0. The van der Waals surface area contributed by atoms with Crippen molar-refractivity contribution in [2.24, 2.45) is 5.92 Å². The third kappa shape index (κ3) is 3.28. The van der Waals surface area contributed by atoms with Crippen LogP contribution in [0.1, 0.15) is 25.8 Å². The van der Waals surface area contributed by atoms with Gasteiger partial charge in [-0.3, -0.25) is 9.58 Å². The van der Waals surface area contributed by atoms with Gasteiger partial charge in [0.05, 0.1) is 28.3 Å². The molecular formula is C18H21Cl2N7. The van der Waals surface area contributed by atoms with E-state index >= 15 is 0 Å². The quantitative estimate of drug-likeness (QED) is 0.671. The second-order valence-corrected chi connectivity index (χ2v) is 8.21. The number of nitrogens with zero attached hydrogens (tertiary/aromatic N) is 6. The van der Waals surface area contributed by atoms with E-state index in [0.717, 1.165) is 42.3 Å². The van der Waals surface area contributed by atoms with Crippen LogP contribution in [0.5, 0.6) is 0 Å². The maximum Gasteiger partial charge on any atom is 0.229 e. The summed E-state index contributed by atoms with van der Waals surface area (Å²) in [5.74, 6) is 1.41. The van der Waals surface area contributed by atoms with Gasteiger partial charge in [-0.25, -0.2) is 4.98 Å². The van der Waals surface area contributed by atoms with Crippen molar-refractivity contribution in [1.29, 1.82) is 0 Å². The van der Waals surface area contributed by atoms with E-state index in [2.05, 4.69) is 32.2 Å². The van der Waals surface area contributed by atoms with Crippen LogP contribution in [0.3, 0.4) is 0 Å². The van der Waals surface area contributed by atoms with Gasteiger partial charge in [0.25, 0.3) is 0 Å². The normalized spacial score (nSPS) is 18.2. The fourth-order valence-electron chi connectivity index (χ4n) is 3.61. The van der Waals surface area contributed by atoms with Crippen LogP contribution in [0, 0.1) is 5.92 Å². The molecule has 27 heavy (non-hydrogen) atoms. The maximum absolute atomic E-state index is 6.34. The van der Waals surface area contributed by atoms with E-state index in [9.17, 15) is 0 Å². The van der Waals surface area contributed by atoms with Crippen molar-refractivity contribution in [3.8, 4) is 0 Å². The number of halogens is 2. The van der Waals surface area contributed by atoms with Crippen molar-refractivity contribution in [3.05, 3.63) is 28.8 Å². The fraction of sp³-hybridized carbons (Fsp3) is 0.500. The molecule has 0 amide bonds. The highest BCUT2D eigenvalue weighted by Crippen LogP contribution is 2.34. The second kappa shape index (κ2) is 6.65. The molecule has 0 bridgehead atoms. The summed E-state index contributed by atoms with van der Waals surface area (Å²) in [5.41, 5.74) is 1.52. The summed E-state index contributed by atoms with van der Waals surface area (Å²) >= 11 is 12.6. The predicted molar refractivity (Wildman–Crippen MR) is 107 cm³/mol. The van der Waals surface area contributed by atoms with Crippen LogP contribution < -0.4 is 5.32 Å². The summed E-state index contributed by atoms with van der Waals surface area (Å²) in [6, 6.07) is 0.385. The molecule has 0 radical (unpaired) electrons. The summed E-state index contributed by atoms with van der Waals surface area (Å²) in [5, 5.41) is 9.60. The van der Waals surface area contributed by atoms with Gasteiger partial charge in [0, 0.05) is 38.6 Å². The Kier molecular flexibility index (Phi) is 4.26. The lowest BCUT2D eigenvalue weighted by Crippen LogP contribution is -2.48. The molecule has 0 atom stereocenters.